The maximum absolute atomic E-state index is 13.6. The molecule has 0 aliphatic carbocycles. The van der Waals surface area contributed by atoms with Crippen LogP contribution in [0.3, 0.4) is 0 Å². The highest BCUT2D eigenvalue weighted by molar-refractivity contribution is 6.77. The molecule has 1 heterocycles. The predicted molar refractivity (Wildman–Crippen MR) is 113 cm³/mol. The number of hydrogen-bond donors (Lipinski definition) is 0. The number of carbonyl (C=O) groups excluding carboxylic acids is 1. The zero-order valence-corrected chi connectivity index (χ0v) is 16.9. The second-order valence-electron chi connectivity index (χ2n) is 6.73. The van der Waals surface area contributed by atoms with E-state index in [1.807, 2.05) is 56.3 Å². The monoisotopic (exact) mass is 379 g/mol. The number of rotatable bonds is 7. The van der Waals surface area contributed by atoms with Gasteiger partial charge in [-0.1, -0.05) is 56.8 Å². The molecule has 1 amide bonds. The van der Waals surface area contributed by atoms with Gasteiger partial charge in [-0.2, -0.15) is 0 Å². The molecular weight excluding hydrogens is 353 g/mol. The maximum Gasteiger partial charge on any atom is 0.460 e. The fraction of sp³-hybridized carbons (Fsp3) is 0.318. The summed E-state index contributed by atoms with van der Waals surface area (Å²) in [5.41, 5.74) is 1.59. The molecule has 0 aromatic heterocycles. The van der Waals surface area contributed by atoms with Gasteiger partial charge in [0.15, 0.2) is 0 Å². The van der Waals surface area contributed by atoms with Crippen LogP contribution in [-0.4, -0.2) is 32.8 Å². The molecule has 1 saturated heterocycles. The predicted octanol–water partition coefficient (Wildman–Crippen LogP) is 3.66. The molecule has 0 N–H and O–H groups in total. The van der Waals surface area contributed by atoms with E-state index in [0.717, 1.165) is 11.0 Å². The van der Waals surface area contributed by atoms with Crippen molar-refractivity contribution < 1.29 is 18.9 Å². The number of carbonyl (C=O) groups is 1. The fourth-order valence-electron chi connectivity index (χ4n) is 3.66. The lowest BCUT2D eigenvalue weighted by Crippen LogP contribution is -2.47. The average molecular weight is 379 g/mol. The van der Waals surface area contributed by atoms with Crippen molar-refractivity contribution in [2.24, 2.45) is 0 Å². The van der Waals surface area contributed by atoms with E-state index < -0.39 is 12.7 Å². The van der Waals surface area contributed by atoms with Gasteiger partial charge in [0, 0.05) is 0 Å². The molecule has 3 rings (SSSR count). The molecule has 1 aliphatic rings. The van der Waals surface area contributed by atoms with E-state index >= 15 is 0 Å². The number of hydrogen-bond acceptors (Lipinski definition) is 4. The summed E-state index contributed by atoms with van der Waals surface area (Å²) in [6.45, 7) is 7.75. The van der Waals surface area contributed by atoms with Crippen molar-refractivity contribution in [1.82, 2.24) is 0 Å². The molecule has 146 valence electrons. The third kappa shape index (κ3) is 3.18. The average Bonchev–Trinajstić information content (AvgIpc) is 3.05. The van der Waals surface area contributed by atoms with Crippen molar-refractivity contribution in [3.05, 3.63) is 54.6 Å². The molecule has 0 saturated carbocycles. The number of methoxy groups -OCH3 is 2. The number of anilines is 1. The minimum absolute atomic E-state index is 0.0851. The van der Waals surface area contributed by atoms with Crippen LogP contribution in [0.25, 0.3) is 6.08 Å². The van der Waals surface area contributed by atoms with Gasteiger partial charge < -0.3 is 18.9 Å². The summed E-state index contributed by atoms with van der Waals surface area (Å²) < 4.78 is 17.5. The first-order valence-corrected chi connectivity index (χ1v) is 9.50. The highest BCUT2D eigenvalue weighted by Gasteiger charge is 2.55. The largest absolute Gasteiger partial charge is 0.494 e. The van der Waals surface area contributed by atoms with Crippen molar-refractivity contribution in [2.75, 3.05) is 19.0 Å². The maximum atomic E-state index is 13.6. The molecule has 0 radical (unpaired) electrons. The molecule has 1 fully saturated rings. The van der Waals surface area contributed by atoms with Crippen LogP contribution in [0.1, 0.15) is 32.3 Å². The second-order valence-corrected chi connectivity index (χ2v) is 6.73. The molecule has 5 nitrogen and oxygen atoms in total. The number of nitrogens with zero attached hydrogens (tertiary/aromatic N) is 1. The minimum atomic E-state index is -0.881. The summed E-state index contributed by atoms with van der Waals surface area (Å²) in [7, 11) is 2.59. The molecule has 2 aromatic rings. The lowest BCUT2D eigenvalue weighted by molar-refractivity contribution is -0.129. The van der Waals surface area contributed by atoms with E-state index in [-0.39, 0.29) is 5.91 Å². The minimum Gasteiger partial charge on any atom is -0.494 e. The van der Waals surface area contributed by atoms with E-state index in [4.69, 9.17) is 14.1 Å². The molecule has 6 heteroatoms. The first-order valence-electron chi connectivity index (χ1n) is 9.50. The molecular formula is C22H26BNO4. The van der Waals surface area contributed by atoms with Crippen molar-refractivity contribution in [3.8, 4) is 11.5 Å². The summed E-state index contributed by atoms with van der Waals surface area (Å²) in [6.07, 6.45) is 2.95. The van der Waals surface area contributed by atoms with Crippen molar-refractivity contribution in [2.45, 2.75) is 32.3 Å². The number of para-hydroxylation sites is 1. The summed E-state index contributed by atoms with van der Waals surface area (Å²) in [4.78, 5) is 15.3. The Morgan fingerprint density at radius 3 is 2.11 bits per heavy atom. The summed E-state index contributed by atoms with van der Waals surface area (Å²) in [5.74, 6) is 1.04. The quantitative estimate of drug-likeness (QED) is 0.689. The van der Waals surface area contributed by atoms with Crippen LogP contribution in [0, 0.1) is 0 Å². The van der Waals surface area contributed by atoms with Gasteiger partial charge in [0.1, 0.15) is 22.8 Å². The summed E-state index contributed by atoms with van der Waals surface area (Å²) in [6, 6.07) is 13.3. The second kappa shape index (κ2) is 8.11. The number of ether oxygens (including phenoxy) is 2. The Morgan fingerprint density at radius 1 is 1.07 bits per heavy atom. The highest BCUT2D eigenvalue weighted by Crippen LogP contribution is 2.43. The lowest BCUT2D eigenvalue weighted by Gasteiger charge is -2.26. The molecule has 0 atom stereocenters. The normalized spacial score (nSPS) is 15.6. The first-order chi connectivity index (χ1) is 13.5. The molecule has 28 heavy (non-hydrogen) atoms. The highest BCUT2D eigenvalue weighted by atomic mass is 16.5. The Kier molecular flexibility index (Phi) is 5.80. The van der Waals surface area contributed by atoms with Gasteiger partial charge in [0.05, 0.1) is 14.2 Å². The van der Waals surface area contributed by atoms with Gasteiger partial charge in [-0.3, -0.25) is 4.79 Å². The lowest BCUT2D eigenvalue weighted by atomic mass is 9.71. The van der Waals surface area contributed by atoms with Gasteiger partial charge >= 0.3 is 7.05 Å². The van der Waals surface area contributed by atoms with Crippen LogP contribution >= 0.6 is 0 Å². The van der Waals surface area contributed by atoms with Gasteiger partial charge in [-0.05, 0) is 36.0 Å². The van der Waals surface area contributed by atoms with E-state index in [1.165, 1.54) is 0 Å². The zero-order chi connectivity index (χ0) is 20.3. The molecule has 0 unspecified atom stereocenters. The van der Waals surface area contributed by atoms with E-state index in [9.17, 15) is 4.79 Å². The van der Waals surface area contributed by atoms with Crippen LogP contribution in [0.4, 0.5) is 5.69 Å². The van der Waals surface area contributed by atoms with E-state index in [0.29, 0.717) is 30.0 Å². The first kappa shape index (κ1) is 20.0. The van der Waals surface area contributed by atoms with Gasteiger partial charge in [0.25, 0.3) is 0 Å². The Morgan fingerprint density at radius 2 is 1.64 bits per heavy atom. The Labute approximate surface area is 167 Å². The van der Waals surface area contributed by atoms with Crippen molar-refractivity contribution in [1.29, 1.82) is 0 Å². The molecule has 0 spiro atoms. The SMILES string of the molecule is C=Cc1ccc(B2OC(CC)(CC)C(=O)N2c2c(OC)cccc2OC)cc1. The van der Waals surface area contributed by atoms with Gasteiger partial charge in [-0.25, -0.2) is 0 Å². The summed E-state index contributed by atoms with van der Waals surface area (Å²) in [5, 5.41) is 0. The van der Waals surface area contributed by atoms with Crippen LogP contribution in [0.5, 0.6) is 11.5 Å². The zero-order valence-electron chi connectivity index (χ0n) is 16.9. The van der Waals surface area contributed by atoms with Crippen LogP contribution in [-0.2, 0) is 9.45 Å². The number of benzene rings is 2. The van der Waals surface area contributed by atoms with Gasteiger partial charge in [0.2, 0.25) is 5.91 Å². The standard InChI is InChI=1S/C22H26BNO4/c1-6-16-12-14-17(15-13-16)23-24(21(25)22(7-2,8-3)28-23)20-18(26-4)10-9-11-19(20)27-5/h6,9-15H,1,7-8H2,2-5H3. The Hall–Kier alpha value is -2.73. The number of amides is 1. The fourth-order valence-corrected chi connectivity index (χ4v) is 3.66. The Balaban J connectivity index is 2.19. The van der Waals surface area contributed by atoms with Crippen molar-refractivity contribution in [3.63, 3.8) is 0 Å². The topological polar surface area (TPSA) is 48.0 Å². The van der Waals surface area contributed by atoms with Crippen molar-refractivity contribution >= 4 is 30.2 Å². The molecule has 0 bridgehead atoms. The van der Waals surface area contributed by atoms with Crippen LogP contribution in [0.2, 0.25) is 0 Å². The molecule has 1 aliphatic heterocycles. The third-order valence-electron chi connectivity index (χ3n) is 5.42. The van der Waals surface area contributed by atoms with Crippen LogP contribution < -0.4 is 19.7 Å². The van der Waals surface area contributed by atoms with E-state index in [2.05, 4.69) is 6.58 Å². The third-order valence-corrected chi connectivity index (χ3v) is 5.42. The van der Waals surface area contributed by atoms with Gasteiger partial charge in [-0.15, -0.1) is 0 Å². The smallest absolute Gasteiger partial charge is 0.460 e. The van der Waals surface area contributed by atoms with E-state index in [1.54, 1.807) is 25.1 Å². The molecule has 2 aromatic carbocycles. The van der Waals surface area contributed by atoms with Crippen LogP contribution in [0.15, 0.2) is 49.0 Å². The Bertz CT molecular complexity index is 839. The summed E-state index contributed by atoms with van der Waals surface area (Å²) >= 11 is 0.